The van der Waals surface area contributed by atoms with Gasteiger partial charge in [0.25, 0.3) is 0 Å². The third-order valence-electron chi connectivity index (χ3n) is 2.88. The summed E-state index contributed by atoms with van der Waals surface area (Å²) in [4.78, 5) is 0. The molecule has 0 fully saturated rings. The zero-order valence-corrected chi connectivity index (χ0v) is 11.0. The molecule has 0 aromatic rings. The van der Waals surface area contributed by atoms with E-state index in [1.54, 1.807) is 7.11 Å². The van der Waals surface area contributed by atoms with Crippen LogP contribution in [0.25, 0.3) is 0 Å². The summed E-state index contributed by atoms with van der Waals surface area (Å²) >= 11 is 0. The highest BCUT2D eigenvalue weighted by Crippen LogP contribution is 2.11. The predicted octanol–water partition coefficient (Wildman–Crippen LogP) is 3.22. The molecule has 1 atom stereocenters. The quantitative estimate of drug-likeness (QED) is 0.565. The summed E-state index contributed by atoms with van der Waals surface area (Å²) in [5.74, 6) is 0.754. The maximum Gasteiger partial charge on any atom is 0.0462 e. The number of hydrogen-bond donors (Lipinski definition) is 1. The molecule has 2 nitrogen and oxygen atoms in total. The van der Waals surface area contributed by atoms with Crippen molar-refractivity contribution in [1.82, 2.24) is 5.32 Å². The van der Waals surface area contributed by atoms with Crippen molar-refractivity contribution in [3.8, 4) is 0 Å². The highest BCUT2D eigenvalue weighted by molar-refractivity contribution is 4.69. The molecule has 0 aromatic carbocycles. The van der Waals surface area contributed by atoms with Crippen LogP contribution in [0.4, 0.5) is 0 Å². The van der Waals surface area contributed by atoms with Crippen LogP contribution >= 0.6 is 0 Å². The molecule has 92 valence electrons. The molecule has 0 saturated heterocycles. The highest BCUT2D eigenvalue weighted by atomic mass is 16.5. The first-order valence-electron chi connectivity index (χ1n) is 6.44. The van der Waals surface area contributed by atoms with Gasteiger partial charge in [-0.1, -0.05) is 40.0 Å². The molecule has 0 radical (unpaired) electrons. The van der Waals surface area contributed by atoms with Crippen LogP contribution in [0.5, 0.6) is 0 Å². The standard InChI is InChI=1S/C13H29NO/c1-5-14-13(12(2)3)10-8-6-7-9-11-15-4/h12-14H,5-11H2,1-4H3. The number of nitrogens with one attached hydrogen (secondary N) is 1. The second-order valence-electron chi connectivity index (χ2n) is 4.60. The van der Waals surface area contributed by atoms with Crippen molar-refractivity contribution in [2.24, 2.45) is 5.92 Å². The SMILES string of the molecule is CCNC(CCCCCCOC)C(C)C. The molecule has 0 saturated carbocycles. The molecule has 2 heteroatoms. The summed E-state index contributed by atoms with van der Waals surface area (Å²) in [7, 11) is 1.78. The molecule has 15 heavy (non-hydrogen) atoms. The lowest BCUT2D eigenvalue weighted by Gasteiger charge is -2.21. The Labute approximate surface area is 95.8 Å². The first-order valence-corrected chi connectivity index (χ1v) is 6.44. The summed E-state index contributed by atoms with van der Waals surface area (Å²) in [5.41, 5.74) is 0. The minimum atomic E-state index is 0.706. The van der Waals surface area contributed by atoms with E-state index in [4.69, 9.17) is 4.74 Å². The van der Waals surface area contributed by atoms with Crippen LogP contribution in [0, 0.1) is 5.92 Å². The Kier molecular flexibility index (Phi) is 10.4. The van der Waals surface area contributed by atoms with Gasteiger partial charge in [-0.3, -0.25) is 0 Å². The molecule has 1 N–H and O–H groups in total. The van der Waals surface area contributed by atoms with Crippen molar-refractivity contribution in [2.75, 3.05) is 20.3 Å². The van der Waals surface area contributed by atoms with Crippen LogP contribution in [0.15, 0.2) is 0 Å². The molecule has 0 rings (SSSR count). The van der Waals surface area contributed by atoms with Gasteiger partial charge in [0.2, 0.25) is 0 Å². The minimum absolute atomic E-state index is 0.706. The maximum absolute atomic E-state index is 5.03. The smallest absolute Gasteiger partial charge is 0.0462 e. The summed E-state index contributed by atoms with van der Waals surface area (Å²) in [6, 6.07) is 0.706. The van der Waals surface area contributed by atoms with Gasteiger partial charge >= 0.3 is 0 Å². The van der Waals surface area contributed by atoms with Crippen molar-refractivity contribution < 1.29 is 4.74 Å². The molecule has 0 aromatic heterocycles. The average molecular weight is 215 g/mol. The second-order valence-corrected chi connectivity index (χ2v) is 4.60. The molecule has 0 aliphatic carbocycles. The topological polar surface area (TPSA) is 21.3 Å². The first-order chi connectivity index (χ1) is 7.22. The van der Waals surface area contributed by atoms with Crippen LogP contribution in [0.3, 0.4) is 0 Å². The molecule has 1 unspecified atom stereocenters. The van der Waals surface area contributed by atoms with Gasteiger partial charge in [-0.2, -0.15) is 0 Å². The van der Waals surface area contributed by atoms with Gasteiger partial charge in [-0.25, -0.2) is 0 Å². The van der Waals surface area contributed by atoms with Gasteiger partial charge in [-0.15, -0.1) is 0 Å². The van der Waals surface area contributed by atoms with Gasteiger partial charge in [0.15, 0.2) is 0 Å². The molecule has 0 spiro atoms. The largest absolute Gasteiger partial charge is 0.385 e. The third kappa shape index (κ3) is 8.88. The normalized spacial score (nSPS) is 13.4. The van der Waals surface area contributed by atoms with Gasteiger partial charge in [0.05, 0.1) is 0 Å². The van der Waals surface area contributed by atoms with Crippen molar-refractivity contribution in [3.05, 3.63) is 0 Å². The summed E-state index contributed by atoms with van der Waals surface area (Å²) in [6.45, 7) is 8.80. The lowest BCUT2D eigenvalue weighted by molar-refractivity contribution is 0.191. The Morgan fingerprint density at radius 2 is 1.73 bits per heavy atom. The molecule has 0 aliphatic heterocycles. The molecule has 0 aliphatic rings. The third-order valence-corrected chi connectivity index (χ3v) is 2.88. The molecular formula is C13H29NO. The van der Waals surface area contributed by atoms with Crippen LogP contribution in [-0.4, -0.2) is 26.3 Å². The van der Waals surface area contributed by atoms with E-state index in [1.807, 2.05) is 0 Å². The lowest BCUT2D eigenvalue weighted by atomic mass is 9.97. The second kappa shape index (κ2) is 10.4. The van der Waals surface area contributed by atoms with Gasteiger partial charge in [0.1, 0.15) is 0 Å². The molecule has 0 heterocycles. The number of unbranched alkanes of at least 4 members (excludes halogenated alkanes) is 3. The van der Waals surface area contributed by atoms with Gasteiger partial charge in [0, 0.05) is 19.8 Å². The van der Waals surface area contributed by atoms with Crippen LogP contribution in [-0.2, 0) is 4.74 Å². The van der Waals surface area contributed by atoms with E-state index < -0.39 is 0 Å². The van der Waals surface area contributed by atoms with Crippen molar-refractivity contribution in [3.63, 3.8) is 0 Å². The van der Waals surface area contributed by atoms with Crippen molar-refractivity contribution >= 4 is 0 Å². The molecule has 0 bridgehead atoms. The first kappa shape index (κ1) is 14.9. The summed E-state index contributed by atoms with van der Waals surface area (Å²) < 4.78 is 5.03. The number of methoxy groups -OCH3 is 1. The van der Waals surface area contributed by atoms with E-state index >= 15 is 0 Å². The van der Waals surface area contributed by atoms with E-state index in [0.717, 1.165) is 19.1 Å². The van der Waals surface area contributed by atoms with Gasteiger partial charge in [-0.05, 0) is 25.3 Å². The van der Waals surface area contributed by atoms with E-state index in [9.17, 15) is 0 Å². The van der Waals surface area contributed by atoms with E-state index in [2.05, 4.69) is 26.1 Å². The highest BCUT2D eigenvalue weighted by Gasteiger charge is 2.10. The lowest BCUT2D eigenvalue weighted by Crippen LogP contribution is -2.33. The molecule has 0 amide bonds. The maximum atomic E-state index is 5.03. The zero-order valence-electron chi connectivity index (χ0n) is 11.0. The number of rotatable bonds is 10. The predicted molar refractivity (Wildman–Crippen MR) is 67.3 cm³/mol. The summed E-state index contributed by atoms with van der Waals surface area (Å²) in [6.07, 6.45) is 6.53. The van der Waals surface area contributed by atoms with E-state index in [1.165, 1.54) is 32.1 Å². The van der Waals surface area contributed by atoms with Crippen molar-refractivity contribution in [1.29, 1.82) is 0 Å². The Hall–Kier alpha value is -0.0800. The van der Waals surface area contributed by atoms with Crippen LogP contribution in [0.1, 0.15) is 52.9 Å². The Morgan fingerprint density at radius 1 is 1.07 bits per heavy atom. The summed E-state index contributed by atoms with van der Waals surface area (Å²) in [5, 5.41) is 3.56. The Morgan fingerprint density at radius 3 is 2.27 bits per heavy atom. The van der Waals surface area contributed by atoms with Crippen molar-refractivity contribution in [2.45, 2.75) is 58.9 Å². The van der Waals surface area contributed by atoms with E-state index in [-0.39, 0.29) is 0 Å². The van der Waals surface area contributed by atoms with E-state index in [0.29, 0.717) is 6.04 Å². The number of ether oxygens (including phenoxy) is 1. The average Bonchev–Trinajstić information content (AvgIpc) is 2.21. The zero-order chi connectivity index (χ0) is 11.5. The van der Waals surface area contributed by atoms with Crippen LogP contribution in [0.2, 0.25) is 0 Å². The fraction of sp³-hybridized carbons (Fsp3) is 1.00. The Bertz CT molecular complexity index is 126. The molecular weight excluding hydrogens is 186 g/mol. The van der Waals surface area contributed by atoms with Crippen LogP contribution < -0.4 is 5.32 Å². The fourth-order valence-electron chi connectivity index (χ4n) is 1.90. The number of hydrogen-bond acceptors (Lipinski definition) is 2. The van der Waals surface area contributed by atoms with Gasteiger partial charge < -0.3 is 10.1 Å². The fourth-order valence-corrected chi connectivity index (χ4v) is 1.90. The Balaban J connectivity index is 3.37. The monoisotopic (exact) mass is 215 g/mol. The minimum Gasteiger partial charge on any atom is -0.385 e.